The van der Waals surface area contributed by atoms with Crippen LogP contribution in [0.5, 0.6) is 11.5 Å². The fraction of sp³-hybridized carbons (Fsp3) is 0.267. The van der Waals surface area contributed by atoms with E-state index in [4.69, 9.17) is 9.47 Å². The maximum atomic E-state index is 14.8. The number of nitrogens with zero attached hydrogens (tertiary/aromatic N) is 4. The third-order valence-corrected chi connectivity index (χ3v) is 7.40. The lowest BCUT2D eigenvalue weighted by Gasteiger charge is -2.40. The lowest BCUT2D eigenvalue weighted by Crippen LogP contribution is -2.56. The van der Waals surface area contributed by atoms with Crippen molar-refractivity contribution < 1.29 is 32.1 Å². The van der Waals surface area contributed by atoms with Crippen molar-refractivity contribution in [1.82, 2.24) is 14.9 Å². The molecule has 6 rings (SSSR count). The van der Waals surface area contributed by atoms with Gasteiger partial charge in [-0.15, -0.1) is 0 Å². The first-order valence-electron chi connectivity index (χ1n) is 13.1. The smallest absolute Gasteiger partial charge is 0.282 e. The van der Waals surface area contributed by atoms with Crippen LogP contribution in [0.3, 0.4) is 0 Å². The highest BCUT2D eigenvalue weighted by Gasteiger charge is 2.44. The zero-order valence-electron chi connectivity index (χ0n) is 22.7. The van der Waals surface area contributed by atoms with Gasteiger partial charge in [0.25, 0.3) is 5.92 Å². The van der Waals surface area contributed by atoms with Crippen molar-refractivity contribution in [1.29, 1.82) is 0 Å². The van der Waals surface area contributed by atoms with Crippen LogP contribution in [0.2, 0.25) is 0 Å². The molecule has 0 bridgehead atoms. The number of benzene rings is 2. The lowest BCUT2D eigenvalue weighted by molar-refractivity contribution is -0.0262. The molecular weight excluding hydrogens is 554 g/mol. The van der Waals surface area contributed by atoms with Crippen LogP contribution >= 0.6 is 0 Å². The topological polar surface area (TPSA) is 83.0 Å². The molecule has 0 radical (unpaired) electrons. The van der Waals surface area contributed by atoms with E-state index in [1.54, 1.807) is 36.3 Å². The second-order valence-corrected chi connectivity index (χ2v) is 10.2. The van der Waals surface area contributed by atoms with E-state index >= 15 is 0 Å². The normalized spacial score (nSPS) is 17.5. The largest absolute Gasteiger partial charge is 0.497 e. The summed E-state index contributed by atoms with van der Waals surface area (Å²) in [5.74, 6) is -2.73. The molecule has 0 aliphatic carbocycles. The molecule has 1 unspecified atom stereocenters. The highest BCUT2D eigenvalue weighted by atomic mass is 19.3. The molecule has 2 N–H and O–H groups in total. The Hall–Kier alpha value is -4.42. The number of aliphatic hydroxyl groups excluding tert-OH is 1. The standard InChI is InChI=1S/C30H27F4N5O3/c1-41-19-8-6-17(25(10-19)42-2)13-38-14-24-28(29(38)40)23(11-22(36-24)27-20(31)4-3-5-21(27)32)37-26-9-7-18(12-35-26)39-15-30(33,34)16-39/h3-12,29,40H,13-16H2,1-2H3,(H,35,36,37). The Balaban J connectivity index is 1.34. The van der Waals surface area contributed by atoms with Gasteiger partial charge < -0.3 is 24.8 Å². The molecule has 218 valence electrons. The molecule has 4 aromatic rings. The highest BCUT2D eigenvalue weighted by Crippen LogP contribution is 2.42. The molecule has 2 aromatic heterocycles. The summed E-state index contributed by atoms with van der Waals surface area (Å²) in [7, 11) is 3.09. The second kappa shape index (κ2) is 10.8. The van der Waals surface area contributed by atoms with Crippen molar-refractivity contribution >= 4 is 17.2 Å². The van der Waals surface area contributed by atoms with E-state index in [0.717, 1.165) is 17.7 Å². The van der Waals surface area contributed by atoms with Crippen molar-refractivity contribution in [3.8, 4) is 22.8 Å². The van der Waals surface area contributed by atoms with Gasteiger partial charge in [-0.2, -0.15) is 0 Å². The molecule has 42 heavy (non-hydrogen) atoms. The van der Waals surface area contributed by atoms with Crippen LogP contribution in [0.1, 0.15) is 23.0 Å². The van der Waals surface area contributed by atoms with E-state index in [1.807, 2.05) is 6.07 Å². The molecule has 4 heterocycles. The van der Waals surface area contributed by atoms with Gasteiger partial charge in [-0.3, -0.25) is 9.88 Å². The lowest BCUT2D eigenvalue weighted by atomic mass is 10.1. The summed E-state index contributed by atoms with van der Waals surface area (Å²) < 4.78 is 67.0. The Morgan fingerprint density at radius 1 is 1.02 bits per heavy atom. The number of nitrogens with one attached hydrogen (secondary N) is 1. The minimum Gasteiger partial charge on any atom is -0.497 e. The van der Waals surface area contributed by atoms with E-state index in [-0.39, 0.29) is 37.4 Å². The zero-order chi connectivity index (χ0) is 29.6. The van der Waals surface area contributed by atoms with Crippen molar-refractivity contribution in [2.75, 3.05) is 37.5 Å². The number of hydrogen-bond acceptors (Lipinski definition) is 8. The third kappa shape index (κ3) is 5.19. The minimum absolute atomic E-state index is 0.0439. The maximum absolute atomic E-state index is 14.8. The Kier molecular flexibility index (Phi) is 7.11. The summed E-state index contributed by atoms with van der Waals surface area (Å²) in [5, 5.41) is 14.6. The maximum Gasteiger partial charge on any atom is 0.282 e. The van der Waals surface area contributed by atoms with Gasteiger partial charge in [0.15, 0.2) is 0 Å². The van der Waals surface area contributed by atoms with Gasteiger partial charge in [0.1, 0.15) is 35.2 Å². The fourth-order valence-electron chi connectivity index (χ4n) is 5.28. The molecule has 1 saturated heterocycles. The minimum atomic E-state index is -2.72. The van der Waals surface area contributed by atoms with Gasteiger partial charge in [0.05, 0.1) is 61.8 Å². The average molecular weight is 582 g/mol. The number of rotatable bonds is 8. The number of pyridine rings is 2. The highest BCUT2D eigenvalue weighted by molar-refractivity contribution is 5.72. The number of ether oxygens (including phenoxy) is 2. The number of aliphatic hydroxyl groups is 1. The number of fused-ring (bicyclic) bond motifs is 1. The van der Waals surface area contributed by atoms with Gasteiger partial charge in [0.2, 0.25) is 0 Å². The van der Waals surface area contributed by atoms with Gasteiger partial charge in [-0.25, -0.2) is 22.5 Å². The number of anilines is 3. The number of methoxy groups -OCH3 is 2. The van der Waals surface area contributed by atoms with E-state index in [0.29, 0.717) is 39.9 Å². The number of aromatic nitrogens is 2. The average Bonchev–Trinajstić information content (AvgIpc) is 3.27. The Labute approximate surface area is 239 Å². The summed E-state index contributed by atoms with van der Waals surface area (Å²) in [6, 6.07) is 13.7. The first kappa shape index (κ1) is 27.7. The van der Waals surface area contributed by atoms with Crippen LogP contribution < -0.4 is 19.7 Å². The molecule has 1 fully saturated rings. The van der Waals surface area contributed by atoms with Crippen molar-refractivity contribution in [2.24, 2.45) is 0 Å². The van der Waals surface area contributed by atoms with Crippen LogP contribution in [-0.4, -0.2) is 53.2 Å². The Morgan fingerprint density at radius 3 is 2.43 bits per heavy atom. The van der Waals surface area contributed by atoms with Gasteiger partial charge in [0, 0.05) is 30.3 Å². The molecule has 0 spiro atoms. The summed E-state index contributed by atoms with van der Waals surface area (Å²) in [6.07, 6.45) is 0.346. The monoisotopic (exact) mass is 581 g/mol. The molecule has 2 aromatic carbocycles. The molecule has 0 amide bonds. The number of halogens is 4. The number of alkyl halides is 2. The van der Waals surface area contributed by atoms with E-state index in [1.165, 1.54) is 30.3 Å². The van der Waals surface area contributed by atoms with Gasteiger partial charge in [-0.05, 0) is 36.4 Å². The van der Waals surface area contributed by atoms with E-state index < -0.39 is 23.8 Å². The van der Waals surface area contributed by atoms with Crippen LogP contribution in [0.25, 0.3) is 11.3 Å². The van der Waals surface area contributed by atoms with Gasteiger partial charge >= 0.3 is 0 Å². The zero-order valence-corrected chi connectivity index (χ0v) is 22.7. The fourth-order valence-corrected chi connectivity index (χ4v) is 5.28. The Morgan fingerprint density at radius 2 is 1.79 bits per heavy atom. The second-order valence-electron chi connectivity index (χ2n) is 10.2. The van der Waals surface area contributed by atoms with Crippen LogP contribution in [-0.2, 0) is 13.1 Å². The number of hydrogen-bond donors (Lipinski definition) is 2. The molecule has 0 saturated carbocycles. The van der Waals surface area contributed by atoms with E-state index in [2.05, 4.69) is 15.3 Å². The molecule has 2 aliphatic heterocycles. The van der Waals surface area contributed by atoms with Crippen LogP contribution in [0.4, 0.5) is 34.8 Å². The molecule has 1 atom stereocenters. The summed E-state index contributed by atoms with van der Waals surface area (Å²) in [4.78, 5) is 12.2. The molecule has 8 nitrogen and oxygen atoms in total. The predicted octanol–water partition coefficient (Wildman–Crippen LogP) is 5.64. The van der Waals surface area contributed by atoms with E-state index in [9.17, 15) is 22.7 Å². The summed E-state index contributed by atoms with van der Waals surface area (Å²) in [5.41, 5.74) is 2.28. The van der Waals surface area contributed by atoms with Crippen molar-refractivity contribution in [2.45, 2.75) is 25.2 Å². The van der Waals surface area contributed by atoms with Crippen molar-refractivity contribution in [3.05, 3.63) is 89.2 Å². The van der Waals surface area contributed by atoms with Gasteiger partial charge in [-0.1, -0.05) is 12.1 Å². The Bertz CT molecular complexity index is 1610. The van der Waals surface area contributed by atoms with Crippen molar-refractivity contribution in [3.63, 3.8) is 0 Å². The molecule has 2 aliphatic rings. The van der Waals surface area contributed by atoms with Crippen LogP contribution in [0, 0.1) is 11.6 Å². The SMILES string of the molecule is COc1ccc(CN2Cc3nc(-c4c(F)cccc4F)cc(Nc4ccc(N5CC(F)(F)C5)cn4)c3C2O)c(OC)c1. The quantitative estimate of drug-likeness (QED) is 0.259. The summed E-state index contributed by atoms with van der Waals surface area (Å²) >= 11 is 0. The summed E-state index contributed by atoms with van der Waals surface area (Å²) in [6.45, 7) is -0.295. The first-order chi connectivity index (χ1) is 20.2. The first-order valence-corrected chi connectivity index (χ1v) is 13.1. The molecular formula is C30H27F4N5O3. The molecule has 12 heteroatoms. The van der Waals surface area contributed by atoms with Crippen LogP contribution in [0.15, 0.2) is 60.8 Å². The third-order valence-electron chi connectivity index (χ3n) is 7.40. The predicted molar refractivity (Wildman–Crippen MR) is 148 cm³/mol.